The molecule has 0 aliphatic carbocycles. The van der Waals surface area contributed by atoms with Crippen LogP contribution in [-0.2, 0) is 16.1 Å². The van der Waals surface area contributed by atoms with Gasteiger partial charge in [0.05, 0.1) is 25.4 Å². The number of anilines is 1. The minimum Gasteiger partial charge on any atom is -0.384 e. The molecule has 1 rings (SSSR count). The van der Waals surface area contributed by atoms with Crippen molar-refractivity contribution in [2.75, 3.05) is 18.9 Å². The van der Waals surface area contributed by atoms with Crippen LogP contribution in [0, 0.1) is 0 Å². The van der Waals surface area contributed by atoms with E-state index in [4.69, 9.17) is 15.2 Å². The molecule has 0 spiro atoms. The van der Waals surface area contributed by atoms with Crippen LogP contribution in [0.5, 0.6) is 0 Å². The van der Waals surface area contributed by atoms with Gasteiger partial charge in [-0.15, -0.1) is 0 Å². The van der Waals surface area contributed by atoms with E-state index in [1.54, 1.807) is 6.20 Å². The molecule has 0 unspecified atom stereocenters. The molecule has 4 nitrogen and oxygen atoms in total. The predicted octanol–water partition coefficient (Wildman–Crippen LogP) is 2.00. The Bertz CT molecular complexity index is 321. The zero-order valence-corrected chi connectivity index (χ0v) is 10.2. The monoisotopic (exact) mass is 224 g/mol. The first-order valence-electron chi connectivity index (χ1n) is 5.39. The number of hydrogen-bond acceptors (Lipinski definition) is 4. The van der Waals surface area contributed by atoms with Crippen molar-refractivity contribution in [1.82, 2.24) is 4.98 Å². The van der Waals surface area contributed by atoms with Gasteiger partial charge in [-0.25, -0.2) is 4.98 Å². The second-order valence-electron chi connectivity index (χ2n) is 4.60. The maximum absolute atomic E-state index is 5.55. The fourth-order valence-corrected chi connectivity index (χ4v) is 1.18. The van der Waals surface area contributed by atoms with E-state index in [0.717, 1.165) is 5.56 Å². The zero-order chi connectivity index (χ0) is 12.0. The number of nitrogen functional groups attached to an aromatic ring is 1. The fraction of sp³-hybridized carbons (Fsp3) is 0.583. The maximum Gasteiger partial charge on any atom is 0.123 e. The number of pyridine rings is 1. The van der Waals surface area contributed by atoms with E-state index >= 15 is 0 Å². The lowest BCUT2D eigenvalue weighted by Crippen LogP contribution is -2.21. The first kappa shape index (κ1) is 12.9. The Hall–Kier alpha value is -1.13. The molecule has 0 fully saturated rings. The van der Waals surface area contributed by atoms with Crippen molar-refractivity contribution in [3.8, 4) is 0 Å². The van der Waals surface area contributed by atoms with Crippen molar-refractivity contribution in [1.29, 1.82) is 0 Å². The van der Waals surface area contributed by atoms with Crippen molar-refractivity contribution in [3.63, 3.8) is 0 Å². The molecule has 0 aliphatic heterocycles. The highest BCUT2D eigenvalue weighted by Crippen LogP contribution is 2.07. The molecule has 16 heavy (non-hydrogen) atoms. The molecule has 0 radical (unpaired) electrons. The lowest BCUT2D eigenvalue weighted by atomic mass is 10.2. The summed E-state index contributed by atoms with van der Waals surface area (Å²) in [6.07, 6.45) is 1.68. The molecule has 0 saturated heterocycles. The molecule has 90 valence electrons. The average molecular weight is 224 g/mol. The molecule has 0 aromatic carbocycles. The summed E-state index contributed by atoms with van der Waals surface area (Å²) in [7, 11) is 0. The van der Waals surface area contributed by atoms with Crippen LogP contribution in [0.3, 0.4) is 0 Å². The molecular formula is C12H20N2O2. The lowest BCUT2D eigenvalue weighted by molar-refractivity contribution is -0.0376. The molecule has 0 saturated carbocycles. The molecule has 0 amide bonds. The number of nitrogens with two attached hydrogens (primary N) is 1. The standard InChI is InChI=1S/C12H20N2O2/c1-12(2,3)16-7-6-15-9-10-4-5-14-11(13)8-10/h4-5,8H,6-7,9H2,1-3H3,(H2,13,14). The van der Waals surface area contributed by atoms with Gasteiger partial charge in [0, 0.05) is 6.20 Å². The highest BCUT2D eigenvalue weighted by atomic mass is 16.5. The van der Waals surface area contributed by atoms with Crippen molar-refractivity contribution < 1.29 is 9.47 Å². The van der Waals surface area contributed by atoms with Crippen LogP contribution in [0.4, 0.5) is 5.82 Å². The van der Waals surface area contributed by atoms with Gasteiger partial charge in [-0.2, -0.15) is 0 Å². The first-order valence-corrected chi connectivity index (χ1v) is 5.39. The van der Waals surface area contributed by atoms with E-state index in [9.17, 15) is 0 Å². The van der Waals surface area contributed by atoms with Gasteiger partial charge in [0.25, 0.3) is 0 Å². The van der Waals surface area contributed by atoms with Crippen molar-refractivity contribution in [3.05, 3.63) is 23.9 Å². The Kier molecular flexibility index (Phi) is 4.71. The molecule has 1 aromatic rings. The Morgan fingerprint density at radius 2 is 2.06 bits per heavy atom. The number of hydrogen-bond donors (Lipinski definition) is 1. The van der Waals surface area contributed by atoms with Crippen molar-refractivity contribution in [2.24, 2.45) is 0 Å². The summed E-state index contributed by atoms with van der Waals surface area (Å²) < 4.78 is 11.0. The Labute approximate surface area is 96.8 Å². The minimum atomic E-state index is -0.107. The van der Waals surface area contributed by atoms with Gasteiger partial charge in [0.15, 0.2) is 0 Å². The third kappa shape index (κ3) is 5.68. The molecule has 0 bridgehead atoms. The molecule has 1 aromatic heterocycles. The first-order chi connectivity index (χ1) is 7.47. The number of nitrogens with zero attached hydrogens (tertiary/aromatic N) is 1. The van der Waals surface area contributed by atoms with Crippen LogP contribution >= 0.6 is 0 Å². The normalized spacial score (nSPS) is 11.7. The van der Waals surface area contributed by atoms with E-state index < -0.39 is 0 Å². The molecule has 0 atom stereocenters. The summed E-state index contributed by atoms with van der Waals surface area (Å²) in [6.45, 7) is 7.80. The highest BCUT2D eigenvalue weighted by Gasteiger charge is 2.08. The third-order valence-corrected chi connectivity index (χ3v) is 1.88. The van der Waals surface area contributed by atoms with Crippen LogP contribution in [0.15, 0.2) is 18.3 Å². The van der Waals surface area contributed by atoms with Gasteiger partial charge in [0.2, 0.25) is 0 Å². The number of aromatic nitrogens is 1. The molecule has 2 N–H and O–H groups in total. The number of ether oxygens (including phenoxy) is 2. The van der Waals surface area contributed by atoms with Crippen LogP contribution < -0.4 is 5.73 Å². The van der Waals surface area contributed by atoms with Gasteiger partial charge in [0.1, 0.15) is 5.82 Å². The number of rotatable bonds is 5. The van der Waals surface area contributed by atoms with Crippen molar-refractivity contribution in [2.45, 2.75) is 33.0 Å². The molecular weight excluding hydrogens is 204 g/mol. The van der Waals surface area contributed by atoms with E-state index in [1.807, 2.05) is 32.9 Å². The van der Waals surface area contributed by atoms with E-state index in [2.05, 4.69) is 4.98 Å². The molecule has 1 heterocycles. The van der Waals surface area contributed by atoms with Crippen molar-refractivity contribution >= 4 is 5.82 Å². The minimum absolute atomic E-state index is 0.107. The summed E-state index contributed by atoms with van der Waals surface area (Å²) in [4.78, 5) is 3.91. The van der Waals surface area contributed by atoms with E-state index in [-0.39, 0.29) is 5.60 Å². The lowest BCUT2D eigenvalue weighted by Gasteiger charge is -2.19. The van der Waals surface area contributed by atoms with Crippen LogP contribution in [0.1, 0.15) is 26.3 Å². The SMILES string of the molecule is CC(C)(C)OCCOCc1ccnc(N)c1. The molecule has 4 heteroatoms. The van der Waals surface area contributed by atoms with E-state index in [1.165, 1.54) is 0 Å². The van der Waals surface area contributed by atoms with Crippen LogP contribution in [-0.4, -0.2) is 23.8 Å². The maximum atomic E-state index is 5.55. The Morgan fingerprint density at radius 3 is 2.69 bits per heavy atom. The summed E-state index contributed by atoms with van der Waals surface area (Å²) >= 11 is 0. The summed E-state index contributed by atoms with van der Waals surface area (Å²) in [5.41, 5.74) is 6.48. The largest absolute Gasteiger partial charge is 0.384 e. The van der Waals surface area contributed by atoms with Gasteiger partial charge in [-0.1, -0.05) is 0 Å². The van der Waals surface area contributed by atoms with Gasteiger partial charge >= 0.3 is 0 Å². The van der Waals surface area contributed by atoms with Crippen LogP contribution in [0.2, 0.25) is 0 Å². The zero-order valence-electron chi connectivity index (χ0n) is 10.2. The third-order valence-electron chi connectivity index (χ3n) is 1.88. The summed E-state index contributed by atoms with van der Waals surface area (Å²) in [5, 5.41) is 0. The quantitative estimate of drug-likeness (QED) is 0.777. The van der Waals surface area contributed by atoms with Gasteiger partial charge < -0.3 is 15.2 Å². The van der Waals surface area contributed by atoms with Gasteiger partial charge in [-0.05, 0) is 38.5 Å². The summed E-state index contributed by atoms with van der Waals surface area (Å²) in [6, 6.07) is 3.70. The second-order valence-corrected chi connectivity index (χ2v) is 4.60. The average Bonchev–Trinajstić information content (AvgIpc) is 2.15. The molecule has 0 aliphatic rings. The topological polar surface area (TPSA) is 57.4 Å². The Morgan fingerprint density at radius 1 is 1.31 bits per heavy atom. The summed E-state index contributed by atoms with van der Waals surface area (Å²) in [5.74, 6) is 0.520. The smallest absolute Gasteiger partial charge is 0.123 e. The van der Waals surface area contributed by atoms with Gasteiger partial charge in [-0.3, -0.25) is 0 Å². The fourth-order valence-electron chi connectivity index (χ4n) is 1.18. The second kappa shape index (κ2) is 5.82. The predicted molar refractivity (Wildman–Crippen MR) is 64.0 cm³/mol. The highest BCUT2D eigenvalue weighted by molar-refractivity contribution is 5.31. The van der Waals surface area contributed by atoms with E-state index in [0.29, 0.717) is 25.6 Å². The Balaban J connectivity index is 2.17. The van der Waals surface area contributed by atoms with Crippen LogP contribution in [0.25, 0.3) is 0 Å².